The molecule has 3 rings (SSSR count). The number of aromatic amines is 3. The van der Waals surface area contributed by atoms with Gasteiger partial charge in [0, 0.05) is 5.56 Å². The number of aryl methyl sites for hydroxylation is 1. The zero-order chi connectivity index (χ0) is 14.4. The van der Waals surface area contributed by atoms with Gasteiger partial charge in [-0.2, -0.15) is 5.10 Å². The summed E-state index contributed by atoms with van der Waals surface area (Å²) < 4.78 is 0.556. The molecule has 0 aliphatic carbocycles. The lowest BCUT2D eigenvalue weighted by atomic mass is 10.0. The number of nitrogens with zero attached hydrogens (tertiary/aromatic N) is 1. The number of aromatic nitrogens is 4. The van der Waals surface area contributed by atoms with E-state index in [4.69, 9.17) is 12.2 Å². The fourth-order valence-electron chi connectivity index (χ4n) is 2.10. The first-order valence-electron chi connectivity index (χ1n) is 5.80. The Morgan fingerprint density at radius 2 is 1.90 bits per heavy atom. The van der Waals surface area contributed by atoms with Crippen LogP contribution in [0.3, 0.4) is 0 Å². The molecule has 0 saturated carbocycles. The van der Waals surface area contributed by atoms with E-state index in [2.05, 4.69) is 20.2 Å². The van der Waals surface area contributed by atoms with Crippen molar-refractivity contribution in [1.82, 2.24) is 20.2 Å². The van der Waals surface area contributed by atoms with Crippen LogP contribution in [0.4, 0.5) is 0 Å². The molecule has 0 aliphatic heterocycles. The van der Waals surface area contributed by atoms with E-state index in [9.17, 15) is 9.59 Å². The molecule has 0 saturated heterocycles. The smallest absolute Gasteiger partial charge is 0.314 e. The molecule has 3 N–H and O–H groups in total. The Labute approximate surface area is 121 Å². The fourth-order valence-corrected chi connectivity index (χ4v) is 3.10. The Morgan fingerprint density at radius 1 is 1.20 bits per heavy atom. The van der Waals surface area contributed by atoms with Crippen LogP contribution < -0.4 is 11.1 Å². The molecular formula is C12H10N4O2S2. The van der Waals surface area contributed by atoms with Crippen molar-refractivity contribution >= 4 is 34.6 Å². The molecule has 0 amide bonds. The van der Waals surface area contributed by atoms with Gasteiger partial charge in [-0.25, -0.2) is 0 Å². The van der Waals surface area contributed by atoms with Crippen LogP contribution in [0.5, 0.6) is 0 Å². The Kier molecular flexibility index (Phi) is 2.91. The molecule has 1 aromatic carbocycles. The Hall–Kier alpha value is -2.06. The number of rotatable bonds is 1. The fraction of sp³-hybridized carbons (Fsp3) is 0.167. The minimum Gasteiger partial charge on any atom is -0.316 e. The number of nitrogens with one attached hydrogen (secondary N) is 3. The second-order valence-corrected chi connectivity index (χ2v) is 6.11. The number of hydrogen-bond acceptors (Lipinski definition) is 5. The standard InChI is InChI=1S/C12H10N4O2S2/c1-4-3-6-8(14-10(18)9(17)13-6)7(5(4)2)11-15-16-12(19)20-11/h3H,1-2H3,(H,13,17)(H,14,18)(H,16,19). The Bertz CT molecular complexity index is 993. The van der Waals surface area contributed by atoms with Gasteiger partial charge in [-0.1, -0.05) is 11.3 Å². The van der Waals surface area contributed by atoms with Gasteiger partial charge in [-0.3, -0.25) is 14.7 Å². The molecule has 20 heavy (non-hydrogen) atoms. The summed E-state index contributed by atoms with van der Waals surface area (Å²) in [6, 6.07) is 1.83. The van der Waals surface area contributed by atoms with Crippen molar-refractivity contribution < 1.29 is 0 Å². The van der Waals surface area contributed by atoms with Gasteiger partial charge in [0.05, 0.1) is 11.0 Å². The van der Waals surface area contributed by atoms with Gasteiger partial charge < -0.3 is 9.97 Å². The van der Waals surface area contributed by atoms with Crippen molar-refractivity contribution in [2.45, 2.75) is 13.8 Å². The lowest BCUT2D eigenvalue weighted by Crippen LogP contribution is -2.29. The summed E-state index contributed by atoms with van der Waals surface area (Å²) in [7, 11) is 0. The molecule has 3 aromatic rings. The van der Waals surface area contributed by atoms with Crippen LogP contribution >= 0.6 is 23.6 Å². The van der Waals surface area contributed by atoms with Gasteiger partial charge in [0.2, 0.25) is 0 Å². The van der Waals surface area contributed by atoms with E-state index in [1.54, 1.807) is 0 Å². The van der Waals surface area contributed by atoms with E-state index in [0.717, 1.165) is 16.7 Å². The summed E-state index contributed by atoms with van der Waals surface area (Å²) in [4.78, 5) is 28.2. The highest BCUT2D eigenvalue weighted by molar-refractivity contribution is 7.73. The average molecular weight is 306 g/mol. The maximum atomic E-state index is 11.6. The maximum Gasteiger partial charge on any atom is 0.314 e. The molecular weight excluding hydrogens is 296 g/mol. The summed E-state index contributed by atoms with van der Waals surface area (Å²) in [5.74, 6) is 0. The average Bonchev–Trinajstić information content (AvgIpc) is 2.80. The minimum absolute atomic E-state index is 0.556. The van der Waals surface area contributed by atoms with Gasteiger partial charge in [-0.05, 0) is 43.3 Å². The van der Waals surface area contributed by atoms with Crippen molar-refractivity contribution in [3.63, 3.8) is 0 Å². The van der Waals surface area contributed by atoms with Crippen LogP contribution in [0.15, 0.2) is 15.7 Å². The number of benzene rings is 1. The predicted octanol–water partition coefficient (Wildman–Crippen LogP) is 2.01. The molecule has 0 fully saturated rings. The van der Waals surface area contributed by atoms with Crippen molar-refractivity contribution in [1.29, 1.82) is 0 Å². The minimum atomic E-state index is -0.680. The number of fused-ring (bicyclic) bond motifs is 1. The van der Waals surface area contributed by atoms with E-state index in [-0.39, 0.29) is 0 Å². The van der Waals surface area contributed by atoms with Crippen LogP contribution in [0.1, 0.15) is 11.1 Å². The first-order chi connectivity index (χ1) is 9.47. The van der Waals surface area contributed by atoms with Crippen molar-refractivity contribution in [2.75, 3.05) is 0 Å². The van der Waals surface area contributed by atoms with Crippen LogP contribution in [0.2, 0.25) is 0 Å². The van der Waals surface area contributed by atoms with Crippen LogP contribution in [-0.2, 0) is 0 Å². The lowest BCUT2D eigenvalue weighted by Gasteiger charge is -2.10. The van der Waals surface area contributed by atoms with Crippen LogP contribution in [0, 0.1) is 17.8 Å². The topological polar surface area (TPSA) is 94.4 Å². The van der Waals surface area contributed by atoms with E-state index >= 15 is 0 Å². The van der Waals surface area contributed by atoms with Gasteiger partial charge in [0.25, 0.3) is 0 Å². The van der Waals surface area contributed by atoms with Crippen molar-refractivity contribution in [2.24, 2.45) is 0 Å². The maximum absolute atomic E-state index is 11.6. The van der Waals surface area contributed by atoms with E-state index in [1.807, 2.05) is 19.9 Å². The van der Waals surface area contributed by atoms with Gasteiger partial charge in [0.15, 0.2) is 3.95 Å². The summed E-state index contributed by atoms with van der Waals surface area (Å²) in [5.41, 5.74) is 2.56. The molecule has 0 spiro atoms. The monoisotopic (exact) mass is 306 g/mol. The summed E-state index contributed by atoms with van der Waals surface area (Å²) in [5, 5.41) is 7.57. The molecule has 0 radical (unpaired) electrons. The van der Waals surface area contributed by atoms with Gasteiger partial charge in [0.1, 0.15) is 5.01 Å². The zero-order valence-electron chi connectivity index (χ0n) is 10.7. The summed E-state index contributed by atoms with van der Waals surface area (Å²) in [6.45, 7) is 3.88. The molecule has 6 nitrogen and oxygen atoms in total. The third kappa shape index (κ3) is 1.93. The number of H-pyrrole nitrogens is 3. The molecule has 8 heteroatoms. The highest BCUT2D eigenvalue weighted by Gasteiger charge is 2.15. The van der Waals surface area contributed by atoms with E-state index < -0.39 is 11.1 Å². The first-order valence-corrected chi connectivity index (χ1v) is 7.02. The van der Waals surface area contributed by atoms with E-state index in [1.165, 1.54) is 11.3 Å². The largest absolute Gasteiger partial charge is 0.316 e. The van der Waals surface area contributed by atoms with Crippen LogP contribution in [0.25, 0.3) is 21.6 Å². The summed E-state index contributed by atoms with van der Waals surface area (Å²) >= 11 is 6.37. The normalized spacial score (nSPS) is 11.1. The molecule has 0 bridgehead atoms. The highest BCUT2D eigenvalue weighted by Crippen LogP contribution is 2.32. The highest BCUT2D eigenvalue weighted by atomic mass is 32.1. The molecule has 0 unspecified atom stereocenters. The first kappa shape index (κ1) is 12.9. The third-order valence-electron chi connectivity index (χ3n) is 3.19. The molecule has 2 heterocycles. The van der Waals surface area contributed by atoms with Crippen LogP contribution in [-0.4, -0.2) is 20.2 Å². The van der Waals surface area contributed by atoms with Gasteiger partial charge >= 0.3 is 11.1 Å². The molecule has 2 aromatic heterocycles. The molecule has 0 atom stereocenters. The zero-order valence-corrected chi connectivity index (χ0v) is 12.3. The molecule has 0 aliphatic rings. The molecule has 102 valence electrons. The van der Waals surface area contributed by atoms with E-state index in [0.29, 0.717) is 20.0 Å². The Morgan fingerprint density at radius 3 is 2.55 bits per heavy atom. The summed E-state index contributed by atoms with van der Waals surface area (Å²) in [6.07, 6.45) is 0. The second kappa shape index (κ2) is 4.50. The van der Waals surface area contributed by atoms with Gasteiger partial charge in [-0.15, -0.1) is 0 Å². The van der Waals surface area contributed by atoms with Crippen molar-refractivity contribution in [3.8, 4) is 10.6 Å². The third-order valence-corrected chi connectivity index (χ3v) is 4.30. The van der Waals surface area contributed by atoms with Crippen molar-refractivity contribution in [3.05, 3.63) is 41.9 Å². The SMILES string of the molecule is Cc1cc2[nH]c(=O)c(=O)[nH]c2c(-c2n[nH]c(=S)s2)c1C. The second-order valence-electron chi connectivity index (χ2n) is 4.44. The number of hydrogen-bond donors (Lipinski definition) is 3. The quantitative estimate of drug-likeness (QED) is 0.473. The Balaban J connectivity index is 2.54. The predicted molar refractivity (Wildman–Crippen MR) is 81.0 cm³/mol. The lowest BCUT2D eigenvalue weighted by molar-refractivity contribution is 1.08.